The Balaban J connectivity index is 2.50. The summed E-state index contributed by atoms with van der Waals surface area (Å²) in [5.41, 5.74) is 2.57. The molecule has 3 heteroatoms. The van der Waals surface area contributed by atoms with Crippen LogP contribution >= 0.6 is 0 Å². The van der Waals surface area contributed by atoms with Crippen molar-refractivity contribution in [3.05, 3.63) is 35.4 Å². The molecule has 0 amide bonds. The van der Waals surface area contributed by atoms with Gasteiger partial charge in [0.25, 0.3) is 0 Å². The maximum absolute atomic E-state index is 10.2. The highest BCUT2D eigenvalue weighted by molar-refractivity contribution is 5.21. The lowest BCUT2D eigenvalue weighted by atomic mass is 10.1. The fraction of sp³-hybridized carbons (Fsp3) is 0.684. The Morgan fingerprint density at radius 1 is 0.955 bits per heavy atom. The van der Waals surface area contributed by atoms with Crippen LogP contribution in [0.5, 0.6) is 0 Å². The SMILES string of the molecule is Cc1ccc(CN(CC(C)C)C[C@@H](O)COCC(C)C)cc1. The van der Waals surface area contributed by atoms with Crippen LogP contribution in [0.4, 0.5) is 0 Å². The molecule has 126 valence electrons. The van der Waals surface area contributed by atoms with E-state index in [1.807, 2.05) is 0 Å². The van der Waals surface area contributed by atoms with Crippen LogP contribution in [0.2, 0.25) is 0 Å². The molecule has 22 heavy (non-hydrogen) atoms. The van der Waals surface area contributed by atoms with Crippen LogP contribution in [0.1, 0.15) is 38.8 Å². The second-order valence-electron chi connectivity index (χ2n) is 7.16. The number of benzene rings is 1. The first kappa shape index (κ1) is 19.1. The number of aryl methyl sites for hydroxylation is 1. The van der Waals surface area contributed by atoms with Crippen LogP contribution in [-0.2, 0) is 11.3 Å². The van der Waals surface area contributed by atoms with Crippen molar-refractivity contribution in [2.45, 2.75) is 47.3 Å². The molecule has 0 saturated heterocycles. The van der Waals surface area contributed by atoms with Crippen molar-refractivity contribution in [3.8, 4) is 0 Å². The summed E-state index contributed by atoms with van der Waals surface area (Å²) in [5, 5.41) is 10.2. The van der Waals surface area contributed by atoms with Gasteiger partial charge >= 0.3 is 0 Å². The molecular weight excluding hydrogens is 274 g/mol. The average molecular weight is 307 g/mol. The van der Waals surface area contributed by atoms with E-state index in [2.05, 4.69) is 63.8 Å². The molecule has 1 N–H and O–H groups in total. The number of rotatable bonds is 10. The van der Waals surface area contributed by atoms with Crippen LogP contribution in [0.25, 0.3) is 0 Å². The summed E-state index contributed by atoms with van der Waals surface area (Å²) < 4.78 is 5.55. The smallest absolute Gasteiger partial charge is 0.0900 e. The zero-order valence-corrected chi connectivity index (χ0v) is 14.9. The fourth-order valence-corrected chi connectivity index (χ4v) is 2.46. The molecule has 0 bridgehead atoms. The van der Waals surface area contributed by atoms with Gasteiger partial charge in [0.2, 0.25) is 0 Å². The first-order valence-electron chi connectivity index (χ1n) is 8.40. The molecule has 0 fully saturated rings. The summed E-state index contributed by atoms with van der Waals surface area (Å²) in [7, 11) is 0. The van der Waals surface area contributed by atoms with E-state index in [-0.39, 0.29) is 0 Å². The average Bonchev–Trinajstić information content (AvgIpc) is 2.40. The first-order valence-corrected chi connectivity index (χ1v) is 8.40. The molecule has 0 heterocycles. The van der Waals surface area contributed by atoms with Gasteiger partial charge in [-0.3, -0.25) is 4.90 Å². The predicted molar refractivity (Wildman–Crippen MR) is 93.0 cm³/mol. The molecule has 0 saturated carbocycles. The number of aliphatic hydroxyl groups excluding tert-OH is 1. The van der Waals surface area contributed by atoms with Gasteiger partial charge in [0.05, 0.1) is 12.7 Å². The van der Waals surface area contributed by atoms with Gasteiger partial charge in [-0.15, -0.1) is 0 Å². The van der Waals surface area contributed by atoms with Crippen molar-refractivity contribution >= 4 is 0 Å². The van der Waals surface area contributed by atoms with Crippen LogP contribution in [0.15, 0.2) is 24.3 Å². The molecule has 0 spiro atoms. The summed E-state index contributed by atoms with van der Waals surface area (Å²) >= 11 is 0. The third-order valence-electron chi connectivity index (χ3n) is 3.38. The second kappa shape index (κ2) is 9.98. The summed E-state index contributed by atoms with van der Waals surface area (Å²) in [6, 6.07) is 8.63. The topological polar surface area (TPSA) is 32.7 Å². The van der Waals surface area contributed by atoms with Gasteiger partial charge in [-0.2, -0.15) is 0 Å². The summed E-state index contributed by atoms with van der Waals surface area (Å²) in [5.74, 6) is 1.08. The van der Waals surface area contributed by atoms with Gasteiger partial charge in [0.1, 0.15) is 0 Å². The van der Waals surface area contributed by atoms with E-state index >= 15 is 0 Å². The second-order valence-corrected chi connectivity index (χ2v) is 7.16. The monoisotopic (exact) mass is 307 g/mol. The van der Waals surface area contributed by atoms with Gasteiger partial charge < -0.3 is 9.84 Å². The molecule has 0 unspecified atom stereocenters. The summed E-state index contributed by atoms with van der Waals surface area (Å²) in [4.78, 5) is 2.32. The van der Waals surface area contributed by atoms with Crippen molar-refractivity contribution in [2.75, 3.05) is 26.3 Å². The van der Waals surface area contributed by atoms with E-state index in [4.69, 9.17) is 4.74 Å². The van der Waals surface area contributed by atoms with Crippen molar-refractivity contribution in [3.63, 3.8) is 0 Å². The van der Waals surface area contributed by atoms with E-state index in [0.717, 1.165) is 13.1 Å². The van der Waals surface area contributed by atoms with Gasteiger partial charge in [-0.05, 0) is 24.3 Å². The first-order chi connectivity index (χ1) is 10.4. The van der Waals surface area contributed by atoms with Gasteiger partial charge in [-0.1, -0.05) is 57.5 Å². The molecule has 1 aromatic rings. The van der Waals surface area contributed by atoms with Crippen molar-refractivity contribution in [2.24, 2.45) is 11.8 Å². The van der Waals surface area contributed by atoms with Gasteiger partial charge in [0.15, 0.2) is 0 Å². The zero-order chi connectivity index (χ0) is 16.5. The summed E-state index contributed by atoms with van der Waals surface area (Å²) in [6.45, 7) is 14.4. The Labute approximate surface area is 136 Å². The van der Waals surface area contributed by atoms with E-state index < -0.39 is 6.10 Å². The lowest BCUT2D eigenvalue weighted by Gasteiger charge is -2.27. The highest BCUT2D eigenvalue weighted by atomic mass is 16.5. The number of hydrogen-bond donors (Lipinski definition) is 1. The number of hydrogen-bond acceptors (Lipinski definition) is 3. The van der Waals surface area contributed by atoms with Crippen molar-refractivity contribution in [1.29, 1.82) is 0 Å². The Bertz CT molecular complexity index is 400. The maximum atomic E-state index is 10.2. The highest BCUT2D eigenvalue weighted by Gasteiger charge is 2.14. The molecule has 0 aliphatic heterocycles. The van der Waals surface area contributed by atoms with E-state index in [1.54, 1.807) is 0 Å². The quantitative estimate of drug-likeness (QED) is 0.718. The van der Waals surface area contributed by atoms with Gasteiger partial charge in [-0.25, -0.2) is 0 Å². The molecule has 0 aliphatic carbocycles. The van der Waals surface area contributed by atoms with Crippen molar-refractivity contribution < 1.29 is 9.84 Å². The largest absolute Gasteiger partial charge is 0.389 e. The highest BCUT2D eigenvalue weighted by Crippen LogP contribution is 2.10. The van der Waals surface area contributed by atoms with E-state index in [0.29, 0.717) is 31.6 Å². The fourth-order valence-electron chi connectivity index (χ4n) is 2.46. The minimum absolute atomic E-state index is 0.417. The van der Waals surface area contributed by atoms with Gasteiger partial charge in [0, 0.05) is 26.2 Å². The lowest BCUT2D eigenvalue weighted by molar-refractivity contribution is 0.00523. The Morgan fingerprint density at radius 3 is 2.14 bits per heavy atom. The van der Waals surface area contributed by atoms with E-state index in [1.165, 1.54) is 11.1 Å². The Kier molecular flexibility index (Phi) is 8.69. The van der Waals surface area contributed by atoms with E-state index in [9.17, 15) is 5.11 Å². The molecule has 1 atom stereocenters. The molecule has 0 aromatic heterocycles. The third kappa shape index (κ3) is 8.52. The molecule has 3 nitrogen and oxygen atoms in total. The van der Waals surface area contributed by atoms with Crippen LogP contribution in [0, 0.1) is 18.8 Å². The minimum atomic E-state index is -0.428. The summed E-state index contributed by atoms with van der Waals surface area (Å²) in [6.07, 6.45) is -0.428. The maximum Gasteiger partial charge on any atom is 0.0900 e. The van der Waals surface area contributed by atoms with Crippen LogP contribution in [-0.4, -0.2) is 42.4 Å². The standard InChI is InChI=1S/C19H33NO2/c1-15(2)10-20(11-18-8-6-17(5)7-9-18)12-19(21)14-22-13-16(3)4/h6-9,15-16,19,21H,10-14H2,1-5H3/t19-/m1/s1. The number of ether oxygens (including phenoxy) is 1. The number of nitrogens with zero attached hydrogens (tertiary/aromatic N) is 1. The normalized spacial score (nSPS) is 13.3. The molecule has 0 aliphatic rings. The lowest BCUT2D eigenvalue weighted by Crippen LogP contribution is -2.37. The van der Waals surface area contributed by atoms with Crippen LogP contribution < -0.4 is 0 Å². The van der Waals surface area contributed by atoms with Crippen LogP contribution in [0.3, 0.4) is 0 Å². The molecule has 1 aromatic carbocycles. The Hall–Kier alpha value is -0.900. The predicted octanol–water partition coefficient (Wildman–Crippen LogP) is 3.49. The number of aliphatic hydroxyl groups is 1. The minimum Gasteiger partial charge on any atom is -0.389 e. The molecule has 1 rings (SSSR count). The molecule has 0 radical (unpaired) electrons. The Morgan fingerprint density at radius 2 is 1.59 bits per heavy atom. The molecular formula is C19H33NO2. The van der Waals surface area contributed by atoms with Crippen molar-refractivity contribution in [1.82, 2.24) is 4.90 Å². The zero-order valence-electron chi connectivity index (χ0n) is 14.9. The third-order valence-corrected chi connectivity index (χ3v) is 3.38.